The van der Waals surface area contributed by atoms with Gasteiger partial charge in [0.1, 0.15) is 10.8 Å². The molecule has 1 aromatic heterocycles. The summed E-state index contributed by atoms with van der Waals surface area (Å²) in [5, 5.41) is 12.2. The topological polar surface area (TPSA) is 88.5 Å². The Morgan fingerprint density at radius 2 is 2.09 bits per heavy atom. The number of carboxylic acids is 1. The number of carbonyl (C=O) groups excluding carboxylic acids is 1. The molecular formula is C15H21ClN2O4. The highest BCUT2D eigenvalue weighted by molar-refractivity contribution is 6.29. The van der Waals surface area contributed by atoms with Crippen LogP contribution in [-0.4, -0.2) is 34.3 Å². The lowest BCUT2D eigenvalue weighted by atomic mass is 9.97. The Morgan fingerprint density at radius 1 is 1.41 bits per heavy atom. The average molecular weight is 329 g/mol. The fraction of sp³-hybridized carbons (Fsp3) is 0.533. The first kappa shape index (κ1) is 18.2. The standard InChI is InChI=1S/C15H21ClN2O4/c1-15(2,3)22-14(21)17-7-6-11(13(19)20)8-10-4-5-12(16)18-9-10/h4-5,9,11H,6-8H2,1-3H3,(H,17,21)(H,19,20). The molecule has 0 bridgehead atoms. The van der Waals surface area contributed by atoms with E-state index in [9.17, 15) is 14.7 Å². The molecule has 1 heterocycles. The SMILES string of the molecule is CC(C)(C)OC(=O)NCCC(Cc1ccc(Cl)nc1)C(=O)O. The van der Waals surface area contributed by atoms with Gasteiger partial charge < -0.3 is 15.2 Å². The van der Waals surface area contributed by atoms with Crippen LogP contribution in [0.15, 0.2) is 18.3 Å². The lowest BCUT2D eigenvalue weighted by Crippen LogP contribution is -2.34. The second-order valence-electron chi connectivity index (χ2n) is 5.95. The maximum absolute atomic E-state index is 11.5. The predicted molar refractivity (Wildman–Crippen MR) is 82.9 cm³/mol. The molecule has 22 heavy (non-hydrogen) atoms. The second-order valence-corrected chi connectivity index (χ2v) is 6.33. The summed E-state index contributed by atoms with van der Waals surface area (Å²) >= 11 is 5.69. The van der Waals surface area contributed by atoms with Crippen LogP contribution in [0, 0.1) is 5.92 Å². The van der Waals surface area contributed by atoms with Crippen molar-refractivity contribution in [3.8, 4) is 0 Å². The van der Waals surface area contributed by atoms with Crippen molar-refractivity contribution in [3.05, 3.63) is 29.0 Å². The fourth-order valence-electron chi connectivity index (χ4n) is 1.79. The van der Waals surface area contributed by atoms with E-state index < -0.39 is 23.6 Å². The van der Waals surface area contributed by atoms with Gasteiger partial charge in [0.25, 0.3) is 0 Å². The molecule has 0 aliphatic carbocycles. The van der Waals surface area contributed by atoms with Gasteiger partial charge in [0.05, 0.1) is 5.92 Å². The quantitative estimate of drug-likeness (QED) is 0.784. The summed E-state index contributed by atoms with van der Waals surface area (Å²) in [6.45, 7) is 5.52. The fourth-order valence-corrected chi connectivity index (χ4v) is 1.90. The Labute approximate surface area is 134 Å². The number of hydrogen-bond donors (Lipinski definition) is 2. The number of aliphatic carboxylic acids is 1. The number of ether oxygens (including phenoxy) is 1. The molecule has 0 saturated heterocycles. The molecule has 0 aliphatic heterocycles. The molecule has 1 aromatic rings. The first-order valence-electron chi connectivity index (χ1n) is 6.97. The Bertz CT molecular complexity index is 511. The predicted octanol–water partition coefficient (Wildman–Crippen LogP) is 2.89. The second kappa shape index (κ2) is 7.98. The van der Waals surface area contributed by atoms with Gasteiger partial charge in [0.15, 0.2) is 0 Å². The van der Waals surface area contributed by atoms with Crippen molar-refractivity contribution in [1.82, 2.24) is 10.3 Å². The number of hydrogen-bond acceptors (Lipinski definition) is 4. The zero-order chi connectivity index (χ0) is 16.8. The van der Waals surface area contributed by atoms with Gasteiger partial charge in [0.2, 0.25) is 0 Å². The molecule has 0 aliphatic rings. The van der Waals surface area contributed by atoms with Crippen molar-refractivity contribution in [2.45, 2.75) is 39.2 Å². The van der Waals surface area contributed by atoms with Gasteiger partial charge in [-0.2, -0.15) is 0 Å². The van der Waals surface area contributed by atoms with Crippen LogP contribution in [-0.2, 0) is 16.0 Å². The Balaban J connectivity index is 2.46. The number of nitrogens with zero attached hydrogens (tertiary/aromatic N) is 1. The maximum Gasteiger partial charge on any atom is 0.407 e. The Kier molecular flexibility index (Phi) is 6.61. The highest BCUT2D eigenvalue weighted by Crippen LogP contribution is 2.14. The van der Waals surface area contributed by atoms with Gasteiger partial charge in [-0.05, 0) is 45.2 Å². The number of nitrogens with one attached hydrogen (secondary N) is 1. The zero-order valence-corrected chi connectivity index (χ0v) is 13.7. The maximum atomic E-state index is 11.5. The van der Waals surface area contributed by atoms with Crippen LogP contribution < -0.4 is 5.32 Å². The molecule has 0 spiro atoms. The first-order chi connectivity index (χ1) is 10.2. The summed E-state index contributed by atoms with van der Waals surface area (Å²) in [7, 11) is 0. The van der Waals surface area contributed by atoms with Crippen LogP contribution in [0.2, 0.25) is 5.15 Å². The van der Waals surface area contributed by atoms with E-state index in [1.165, 1.54) is 0 Å². The Morgan fingerprint density at radius 3 is 2.59 bits per heavy atom. The Hall–Kier alpha value is -1.82. The summed E-state index contributed by atoms with van der Waals surface area (Å²) < 4.78 is 5.09. The molecule has 0 aromatic carbocycles. The van der Waals surface area contributed by atoms with E-state index in [4.69, 9.17) is 16.3 Å². The van der Waals surface area contributed by atoms with E-state index in [-0.39, 0.29) is 6.54 Å². The molecule has 1 amide bonds. The van der Waals surface area contributed by atoms with Crippen LogP contribution in [0.4, 0.5) is 4.79 Å². The van der Waals surface area contributed by atoms with E-state index in [2.05, 4.69) is 10.3 Å². The van der Waals surface area contributed by atoms with Gasteiger partial charge in [0, 0.05) is 12.7 Å². The van der Waals surface area contributed by atoms with Crippen molar-refractivity contribution in [1.29, 1.82) is 0 Å². The molecule has 1 rings (SSSR count). The number of carboxylic acid groups (broad SMARTS) is 1. The number of alkyl carbamates (subject to hydrolysis) is 1. The monoisotopic (exact) mass is 328 g/mol. The molecule has 2 N–H and O–H groups in total. The highest BCUT2D eigenvalue weighted by Gasteiger charge is 2.20. The highest BCUT2D eigenvalue weighted by atomic mass is 35.5. The van der Waals surface area contributed by atoms with Crippen LogP contribution in [0.1, 0.15) is 32.8 Å². The van der Waals surface area contributed by atoms with Crippen molar-refractivity contribution in [2.75, 3.05) is 6.54 Å². The van der Waals surface area contributed by atoms with Gasteiger partial charge in [-0.15, -0.1) is 0 Å². The largest absolute Gasteiger partial charge is 0.481 e. The molecule has 7 heteroatoms. The number of carbonyl (C=O) groups is 2. The molecule has 1 unspecified atom stereocenters. The molecule has 1 atom stereocenters. The number of rotatable bonds is 6. The summed E-state index contributed by atoms with van der Waals surface area (Å²) in [4.78, 5) is 26.7. The third kappa shape index (κ3) is 7.26. The molecule has 6 nitrogen and oxygen atoms in total. The number of pyridine rings is 1. The van der Waals surface area contributed by atoms with Crippen molar-refractivity contribution in [3.63, 3.8) is 0 Å². The van der Waals surface area contributed by atoms with E-state index >= 15 is 0 Å². The molecular weight excluding hydrogens is 308 g/mol. The summed E-state index contributed by atoms with van der Waals surface area (Å²) in [6.07, 6.45) is 1.64. The van der Waals surface area contributed by atoms with E-state index in [1.54, 1.807) is 39.1 Å². The van der Waals surface area contributed by atoms with Crippen LogP contribution >= 0.6 is 11.6 Å². The average Bonchev–Trinajstić information content (AvgIpc) is 2.37. The summed E-state index contributed by atoms with van der Waals surface area (Å²) in [6, 6.07) is 3.36. The van der Waals surface area contributed by atoms with Gasteiger partial charge in [-0.3, -0.25) is 4.79 Å². The minimum absolute atomic E-state index is 0.229. The summed E-state index contributed by atoms with van der Waals surface area (Å²) in [5.41, 5.74) is 0.208. The van der Waals surface area contributed by atoms with Crippen LogP contribution in [0.5, 0.6) is 0 Å². The number of amides is 1. The first-order valence-corrected chi connectivity index (χ1v) is 7.35. The van der Waals surface area contributed by atoms with E-state index in [0.717, 1.165) is 5.56 Å². The summed E-state index contributed by atoms with van der Waals surface area (Å²) in [5.74, 6) is -1.53. The van der Waals surface area contributed by atoms with Crippen molar-refractivity contribution in [2.24, 2.45) is 5.92 Å². The van der Waals surface area contributed by atoms with Crippen molar-refractivity contribution >= 4 is 23.7 Å². The number of aromatic nitrogens is 1. The molecule has 0 fully saturated rings. The minimum atomic E-state index is -0.916. The smallest absolute Gasteiger partial charge is 0.407 e. The van der Waals surface area contributed by atoms with Gasteiger partial charge >= 0.3 is 12.1 Å². The van der Waals surface area contributed by atoms with Gasteiger partial charge in [-0.1, -0.05) is 17.7 Å². The third-order valence-corrected chi connectivity index (χ3v) is 3.00. The van der Waals surface area contributed by atoms with E-state index in [0.29, 0.717) is 18.0 Å². The zero-order valence-electron chi connectivity index (χ0n) is 12.9. The third-order valence-electron chi connectivity index (χ3n) is 2.78. The van der Waals surface area contributed by atoms with Crippen LogP contribution in [0.25, 0.3) is 0 Å². The van der Waals surface area contributed by atoms with Crippen LogP contribution in [0.3, 0.4) is 0 Å². The minimum Gasteiger partial charge on any atom is -0.481 e. The lowest BCUT2D eigenvalue weighted by Gasteiger charge is -2.20. The van der Waals surface area contributed by atoms with Crippen molar-refractivity contribution < 1.29 is 19.4 Å². The van der Waals surface area contributed by atoms with Gasteiger partial charge in [-0.25, -0.2) is 9.78 Å². The number of halogens is 1. The molecule has 0 radical (unpaired) electrons. The molecule has 122 valence electrons. The molecule has 0 saturated carbocycles. The normalized spacial score (nSPS) is 12.5. The lowest BCUT2D eigenvalue weighted by molar-refractivity contribution is -0.141. The van der Waals surface area contributed by atoms with E-state index in [1.807, 2.05) is 0 Å².